The monoisotopic (exact) mass is 456 g/mol. The van der Waals surface area contributed by atoms with Crippen LogP contribution < -0.4 is 5.43 Å². The van der Waals surface area contributed by atoms with E-state index in [1.807, 2.05) is 28.8 Å². The van der Waals surface area contributed by atoms with Crippen LogP contribution in [-0.4, -0.2) is 37.6 Å². The molecule has 0 aliphatic rings. The molecule has 2 heterocycles. The van der Waals surface area contributed by atoms with Crippen molar-refractivity contribution in [2.24, 2.45) is 5.10 Å². The Hall–Kier alpha value is -2.78. The quantitative estimate of drug-likeness (QED) is 0.242. The van der Waals surface area contributed by atoms with Crippen LogP contribution in [0.1, 0.15) is 5.56 Å². The van der Waals surface area contributed by atoms with Gasteiger partial charge < -0.3 is 0 Å². The molecule has 0 atom stereocenters. The van der Waals surface area contributed by atoms with E-state index in [9.17, 15) is 4.79 Å². The average Bonchev–Trinajstić information content (AvgIpc) is 3.10. The SMILES string of the molecule is C=CCn1c(SCC(=O)N/N=C/c2ccncc2)nnc1-c1cccc(Br)c1. The molecule has 1 N–H and O–H groups in total. The molecular formula is C19H17BrN6OS. The van der Waals surface area contributed by atoms with Crippen molar-refractivity contribution in [1.29, 1.82) is 0 Å². The van der Waals surface area contributed by atoms with Crippen LogP contribution in [0.2, 0.25) is 0 Å². The summed E-state index contributed by atoms with van der Waals surface area (Å²) in [5, 5.41) is 13.1. The molecule has 0 bridgehead atoms. The fraction of sp³-hybridized carbons (Fsp3) is 0.105. The van der Waals surface area contributed by atoms with Crippen LogP contribution in [-0.2, 0) is 11.3 Å². The highest BCUT2D eigenvalue weighted by molar-refractivity contribution is 9.10. The zero-order valence-corrected chi connectivity index (χ0v) is 17.2. The largest absolute Gasteiger partial charge is 0.298 e. The van der Waals surface area contributed by atoms with Gasteiger partial charge in [-0.05, 0) is 29.8 Å². The number of hydrogen-bond donors (Lipinski definition) is 1. The van der Waals surface area contributed by atoms with E-state index < -0.39 is 0 Å². The Kier molecular flexibility index (Phi) is 7.10. The number of carbonyl (C=O) groups excluding carboxylic acids is 1. The minimum absolute atomic E-state index is 0.168. The maximum absolute atomic E-state index is 12.1. The van der Waals surface area contributed by atoms with Crippen LogP contribution in [0.25, 0.3) is 11.4 Å². The third-order valence-corrected chi connectivity index (χ3v) is 5.01. The molecule has 28 heavy (non-hydrogen) atoms. The van der Waals surface area contributed by atoms with E-state index in [0.29, 0.717) is 11.7 Å². The molecule has 0 radical (unpaired) electrons. The summed E-state index contributed by atoms with van der Waals surface area (Å²) in [5.74, 6) is 0.661. The lowest BCUT2D eigenvalue weighted by atomic mass is 10.2. The molecule has 142 valence electrons. The first-order valence-corrected chi connectivity index (χ1v) is 10.1. The smallest absolute Gasteiger partial charge is 0.250 e. The van der Waals surface area contributed by atoms with Crippen molar-refractivity contribution in [3.05, 3.63) is 71.5 Å². The topological polar surface area (TPSA) is 85.1 Å². The Bertz CT molecular complexity index is 989. The lowest BCUT2D eigenvalue weighted by Gasteiger charge is -2.07. The van der Waals surface area contributed by atoms with Gasteiger partial charge in [-0.15, -0.1) is 16.8 Å². The number of aromatic nitrogens is 4. The van der Waals surface area contributed by atoms with Crippen molar-refractivity contribution in [2.75, 3.05) is 5.75 Å². The summed E-state index contributed by atoms with van der Waals surface area (Å²) in [6.45, 7) is 4.34. The highest BCUT2D eigenvalue weighted by Crippen LogP contribution is 2.26. The first-order valence-electron chi connectivity index (χ1n) is 8.32. The van der Waals surface area contributed by atoms with Gasteiger partial charge in [0, 0.05) is 29.0 Å². The fourth-order valence-electron chi connectivity index (χ4n) is 2.32. The summed E-state index contributed by atoms with van der Waals surface area (Å²) in [6, 6.07) is 11.4. The molecule has 2 aromatic heterocycles. The fourth-order valence-corrected chi connectivity index (χ4v) is 3.46. The predicted molar refractivity (Wildman–Crippen MR) is 114 cm³/mol. The van der Waals surface area contributed by atoms with Crippen molar-refractivity contribution in [2.45, 2.75) is 11.7 Å². The van der Waals surface area contributed by atoms with Gasteiger partial charge in [0.05, 0.1) is 12.0 Å². The number of rotatable bonds is 8. The van der Waals surface area contributed by atoms with Crippen molar-refractivity contribution in [3.63, 3.8) is 0 Å². The van der Waals surface area contributed by atoms with E-state index in [2.05, 4.69) is 48.2 Å². The molecule has 0 aliphatic carbocycles. The van der Waals surface area contributed by atoms with E-state index in [0.717, 1.165) is 21.4 Å². The van der Waals surface area contributed by atoms with Crippen molar-refractivity contribution < 1.29 is 4.79 Å². The Balaban J connectivity index is 1.64. The summed E-state index contributed by atoms with van der Waals surface area (Å²) in [5.41, 5.74) is 4.29. The summed E-state index contributed by atoms with van der Waals surface area (Å²) < 4.78 is 2.88. The minimum Gasteiger partial charge on any atom is -0.298 e. The third kappa shape index (κ3) is 5.37. The summed E-state index contributed by atoms with van der Waals surface area (Å²) in [7, 11) is 0. The standard InChI is InChI=1S/C19H17BrN6OS/c1-2-10-26-18(15-4-3-5-16(20)11-15)24-25-19(26)28-13-17(27)23-22-12-14-6-8-21-9-7-14/h2-9,11-12H,1,10,13H2,(H,23,27)/b22-12+. The molecule has 9 heteroatoms. The first kappa shape index (κ1) is 20.0. The Morgan fingerprint density at radius 3 is 2.86 bits per heavy atom. The molecule has 0 saturated carbocycles. The van der Waals surface area contributed by atoms with Gasteiger partial charge in [-0.3, -0.25) is 14.3 Å². The first-order chi connectivity index (χ1) is 13.7. The average molecular weight is 457 g/mol. The number of hydrazone groups is 1. The molecule has 1 amide bonds. The number of allylic oxidation sites excluding steroid dienone is 1. The molecule has 0 fully saturated rings. The number of nitrogens with zero attached hydrogens (tertiary/aromatic N) is 5. The molecular weight excluding hydrogens is 440 g/mol. The van der Waals surface area contributed by atoms with Crippen molar-refractivity contribution in [1.82, 2.24) is 25.2 Å². The highest BCUT2D eigenvalue weighted by atomic mass is 79.9. The van der Waals surface area contributed by atoms with Gasteiger partial charge in [-0.25, -0.2) is 5.43 Å². The maximum atomic E-state index is 12.1. The Morgan fingerprint density at radius 1 is 1.29 bits per heavy atom. The van der Waals surface area contributed by atoms with Gasteiger partial charge in [0.15, 0.2) is 11.0 Å². The lowest BCUT2D eigenvalue weighted by molar-refractivity contribution is -0.118. The lowest BCUT2D eigenvalue weighted by Crippen LogP contribution is -2.20. The summed E-state index contributed by atoms with van der Waals surface area (Å²) >= 11 is 4.76. The molecule has 3 rings (SSSR count). The van der Waals surface area contributed by atoms with E-state index in [4.69, 9.17) is 0 Å². The minimum atomic E-state index is -0.229. The zero-order valence-electron chi connectivity index (χ0n) is 14.8. The highest BCUT2D eigenvalue weighted by Gasteiger charge is 2.15. The van der Waals surface area contributed by atoms with Gasteiger partial charge in [0.2, 0.25) is 0 Å². The number of nitrogens with one attached hydrogen (secondary N) is 1. The molecule has 0 saturated heterocycles. The van der Waals surface area contributed by atoms with Crippen molar-refractivity contribution >= 4 is 39.8 Å². The predicted octanol–water partition coefficient (Wildman–Crippen LogP) is 3.53. The second-order valence-electron chi connectivity index (χ2n) is 5.58. The van der Waals surface area contributed by atoms with E-state index in [1.54, 1.807) is 36.8 Å². The number of amides is 1. The zero-order chi connectivity index (χ0) is 19.8. The van der Waals surface area contributed by atoms with Gasteiger partial charge in [0.25, 0.3) is 5.91 Å². The Morgan fingerprint density at radius 2 is 2.11 bits per heavy atom. The van der Waals surface area contributed by atoms with E-state index >= 15 is 0 Å². The van der Waals surface area contributed by atoms with Crippen LogP contribution in [0.3, 0.4) is 0 Å². The van der Waals surface area contributed by atoms with Gasteiger partial charge in [-0.2, -0.15) is 5.10 Å². The van der Waals surface area contributed by atoms with Gasteiger partial charge in [-0.1, -0.05) is 45.9 Å². The van der Waals surface area contributed by atoms with Crippen LogP contribution in [0.4, 0.5) is 0 Å². The number of hydrogen-bond acceptors (Lipinski definition) is 6. The number of pyridine rings is 1. The van der Waals surface area contributed by atoms with Gasteiger partial charge in [0.1, 0.15) is 0 Å². The van der Waals surface area contributed by atoms with Crippen LogP contribution in [0, 0.1) is 0 Å². The molecule has 0 spiro atoms. The molecule has 0 unspecified atom stereocenters. The van der Waals surface area contributed by atoms with Crippen molar-refractivity contribution in [3.8, 4) is 11.4 Å². The molecule has 1 aromatic carbocycles. The third-order valence-electron chi connectivity index (χ3n) is 3.55. The second kappa shape index (κ2) is 9.95. The second-order valence-corrected chi connectivity index (χ2v) is 7.44. The van der Waals surface area contributed by atoms with Gasteiger partial charge >= 0.3 is 0 Å². The Labute approximate surface area is 175 Å². The molecule has 0 aliphatic heterocycles. The maximum Gasteiger partial charge on any atom is 0.250 e. The van der Waals surface area contributed by atoms with Crippen LogP contribution >= 0.6 is 27.7 Å². The number of benzene rings is 1. The van der Waals surface area contributed by atoms with Crippen LogP contribution in [0.15, 0.2) is 76.2 Å². The summed E-state index contributed by atoms with van der Waals surface area (Å²) in [6.07, 6.45) is 6.66. The molecule has 3 aromatic rings. The normalized spacial score (nSPS) is 10.9. The van der Waals surface area contributed by atoms with Crippen LogP contribution in [0.5, 0.6) is 0 Å². The number of thioether (sulfide) groups is 1. The molecule has 7 nitrogen and oxygen atoms in total. The van der Waals surface area contributed by atoms with E-state index in [-0.39, 0.29) is 11.7 Å². The summed E-state index contributed by atoms with van der Waals surface area (Å²) in [4.78, 5) is 16.0. The number of carbonyl (C=O) groups is 1. The number of halogens is 1. The van der Waals surface area contributed by atoms with E-state index in [1.165, 1.54) is 11.8 Å².